The highest BCUT2D eigenvalue weighted by molar-refractivity contribution is 7.37. The summed E-state index contributed by atoms with van der Waals surface area (Å²) in [5.41, 5.74) is 0.706. The Morgan fingerprint density at radius 1 is 0.696 bits per heavy atom. The van der Waals surface area contributed by atoms with Gasteiger partial charge in [-0.1, -0.05) is 87.7 Å². The number of fused-ring (bicyclic) bond motifs is 3. The Kier molecular flexibility index (Phi) is 19.5. The second kappa shape index (κ2) is 15.2. The molecule has 1 atom stereocenters. The van der Waals surface area contributed by atoms with Crippen molar-refractivity contribution in [2.24, 2.45) is 0 Å². The molecule has 1 heterocycles. The van der Waals surface area contributed by atoms with Gasteiger partial charge < -0.3 is 0 Å². The molecule has 1 aromatic heterocycles. The van der Waals surface area contributed by atoms with E-state index in [0.717, 1.165) is 15.9 Å². The van der Waals surface area contributed by atoms with Crippen LogP contribution >= 0.6 is 7.65 Å². The van der Waals surface area contributed by atoms with Gasteiger partial charge in [-0.05, 0) is 22.8 Å². The predicted octanol–water partition coefficient (Wildman–Crippen LogP) is 8.93. The van der Waals surface area contributed by atoms with Gasteiger partial charge in [0.2, 0.25) is 5.12 Å². The molecule has 0 radical (unpaired) electrons. The van der Waals surface area contributed by atoms with E-state index in [1.165, 1.54) is 0 Å². The molecule has 1 unspecified atom stereocenters. The number of hydrogen-bond acceptors (Lipinski definition) is 2. The molecule has 2 nitrogen and oxygen atoms in total. The van der Waals surface area contributed by atoms with Crippen LogP contribution in [0.5, 0.6) is 0 Å². The zero-order valence-electron chi connectivity index (χ0n) is 11.9. The van der Waals surface area contributed by atoms with Crippen molar-refractivity contribution in [3.63, 3.8) is 0 Å². The molecule has 3 aromatic rings. The lowest BCUT2D eigenvalue weighted by Crippen LogP contribution is -1.73. The Morgan fingerprint density at radius 3 is 1.70 bits per heavy atom. The average molecular weight is 339 g/mol. The van der Waals surface area contributed by atoms with Crippen molar-refractivity contribution in [2.75, 3.05) is 0 Å². The number of hydrogen-bond donors (Lipinski definition) is 0. The first-order valence-corrected chi connectivity index (χ1v) is 7.88. The summed E-state index contributed by atoms with van der Waals surface area (Å²) in [6.07, 6.45) is 0. The van der Waals surface area contributed by atoms with Crippen LogP contribution in [-0.2, 0) is 4.57 Å². The van der Waals surface area contributed by atoms with Crippen molar-refractivity contribution < 1.29 is 8.76 Å². The topological polar surface area (TPSA) is 30.2 Å². The van der Waals surface area contributed by atoms with E-state index in [9.17, 15) is 4.57 Å². The first-order chi connectivity index (χ1) is 9.36. The second-order valence-electron chi connectivity index (χ2n) is 3.36. The van der Waals surface area contributed by atoms with Gasteiger partial charge in [-0.3, -0.25) is 0 Å². The molecule has 0 N–H and O–H groups in total. The lowest BCUT2D eigenvalue weighted by Gasteiger charge is -1.94. The van der Waals surface area contributed by atoms with Crippen LogP contribution in [0.4, 0.5) is 0 Å². The molecule has 132 valence electrons. The monoisotopic (exact) mass is 339 g/mol. The van der Waals surface area contributed by atoms with Crippen molar-refractivity contribution in [1.29, 1.82) is 0 Å². The smallest absolute Gasteiger partial charge is 0.250 e. The Labute approximate surface area is 144 Å². The summed E-state index contributed by atoms with van der Waals surface area (Å²) in [7, 11) is -1.74. The minimum absolute atomic E-state index is 0. The summed E-state index contributed by atoms with van der Waals surface area (Å²) in [5.74, 6) is 0. The lowest BCUT2D eigenvalue weighted by atomic mass is 10.1. The third-order valence-corrected chi connectivity index (χ3v) is 3.61. The first-order valence-electron chi connectivity index (χ1n) is 6.70. The minimum atomic E-state index is -1.74. The van der Waals surface area contributed by atoms with Crippen LogP contribution in [0, 0.1) is 0 Å². The SMILES string of the molecule is C.C.C.C.CC.CC.O=[p+]1oc2ccccc2c2ccccc21. The normalized spacial score (nSPS) is 8.43. The van der Waals surface area contributed by atoms with Gasteiger partial charge in [-0.2, -0.15) is 0 Å². The molecule has 23 heavy (non-hydrogen) atoms. The molecule has 0 aliphatic rings. The van der Waals surface area contributed by atoms with Crippen LogP contribution in [0.15, 0.2) is 52.7 Å². The molecule has 0 amide bonds. The van der Waals surface area contributed by atoms with Crippen molar-refractivity contribution in [3.8, 4) is 0 Å². The number of rotatable bonds is 0. The minimum Gasteiger partial charge on any atom is -0.250 e. The van der Waals surface area contributed by atoms with E-state index in [-0.39, 0.29) is 29.7 Å². The van der Waals surface area contributed by atoms with Crippen molar-refractivity contribution in [2.45, 2.75) is 57.4 Å². The van der Waals surface area contributed by atoms with Crippen LogP contribution in [0.25, 0.3) is 21.5 Å². The molecular weight excluding hydrogens is 303 g/mol. The van der Waals surface area contributed by atoms with Crippen LogP contribution in [0.3, 0.4) is 0 Å². The van der Waals surface area contributed by atoms with Crippen molar-refractivity contribution >= 4 is 29.1 Å². The van der Waals surface area contributed by atoms with Gasteiger partial charge in [-0.25, -0.2) is 4.20 Å². The summed E-state index contributed by atoms with van der Waals surface area (Å²) >= 11 is 0. The summed E-state index contributed by atoms with van der Waals surface area (Å²) in [4.78, 5) is 0. The molecule has 0 aliphatic heterocycles. The molecule has 2 aromatic carbocycles. The Bertz CT molecular complexity index is 702. The maximum absolute atomic E-state index is 11.8. The highest BCUT2D eigenvalue weighted by Crippen LogP contribution is 2.34. The van der Waals surface area contributed by atoms with E-state index in [1.807, 2.05) is 76.2 Å². The zero-order valence-corrected chi connectivity index (χ0v) is 12.8. The molecule has 0 aliphatic carbocycles. The standard InChI is InChI=1S/C12H8O2P.2C2H6.4CH4/c13-15-12-8-4-2-6-10(12)9-5-1-3-7-11(9)14-15;2*1-2;;;;/h1-8H;2*1-2H3;4*1H4/q+1;;;;;;. The molecule has 3 rings (SSSR count). The molecule has 0 fully saturated rings. The third kappa shape index (κ3) is 6.54. The number of para-hydroxylation sites is 1. The zero-order chi connectivity index (χ0) is 14.3. The summed E-state index contributed by atoms with van der Waals surface area (Å²) in [6.45, 7) is 8.00. The highest BCUT2D eigenvalue weighted by Gasteiger charge is 2.14. The van der Waals surface area contributed by atoms with Gasteiger partial charge in [-0.15, -0.1) is 0 Å². The average Bonchev–Trinajstić information content (AvgIpc) is 2.52. The second-order valence-corrected chi connectivity index (χ2v) is 4.54. The quantitative estimate of drug-likeness (QED) is 0.383. The highest BCUT2D eigenvalue weighted by atomic mass is 31.1. The fourth-order valence-electron chi connectivity index (χ4n) is 1.77. The largest absolute Gasteiger partial charge is 0.597 e. The van der Waals surface area contributed by atoms with E-state index < -0.39 is 7.65 Å². The Morgan fingerprint density at radius 2 is 1.13 bits per heavy atom. The van der Waals surface area contributed by atoms with Crippen LogP contribution in [0.1, 0.15) is 57.4 Å². The van der Waals surface area contributed by atoms with Gasteiger partial charge in [0.25, 0.3) is 0 Å². The molecule has 3 heteroatoms. The molecular formula is C20H36O2P+. The third-order valence-electron chi connectivity index (χ3n) is 2.46. The van der Waals surface area contributed by atoms with Crippen molar-refractivity contribution in [3.05, 3.63) is 48.5 Å². The molecule has 0 bridgehead atoms. The first kappa shape index (κ1) is 29.4. The summed E-state index contributed by atoms with van der Waals surface area (Å²) < 4.78 is 17.1. The van der Waals surface area contributed by atoms with Crippen LogP contribution in [0.2, 0.25) is 0 Å². The van der Waals surface area contributed by atoms with Gasteiger partial charge in [0, 0.05) is 10.8 Å². The van der Waals surface area contributed by atoms with Crippen molar-refractivity contribution in [1.82, 2.24) is 0 Å². The predicted molar refractivity (Wildman–Crippen MR) is 111 cm³/mol. The lowest BCUT2D eigenvalue weighted by molar-refractivity contribution is 0.563. The Balaban J connectivity index is -0.000000211. The van der Waals surface area contributed by atoms with Gasteiger partial charge in [0.15, 0.2) is 5.58 Å². The van der Waals surface area contributed by atoms with Gasteiger partial charge in [0.05, 0.1) is 0 Å². The van der Waals surface area contributed by atoms with E-state index in [2.05, 4.69) is 0 Å². The van der Waals surface area contributed by atoms with Crippen LogP contribution in [-0.4, -0.2) is 0 Å². The maximum Gasteiger partial charge on any atom is 0.597 e. The fourth-order valence-corrected chi connectivity index (χ4v) is 2.80. The van der Waals surface area contributed by atoms with E-state index >= 15 is 0 Å². The number of benzene rings is 2. The van der Waals surface area contributed by atoms with E-state index in [1.54, 1.807) is 0 Å². The summed E-state index contributed by atoms with van der Waals surface area (Å²) in [6, 6.07) is 15.3. The van der Waals surface area contributed by atoms with E-state index in [4.69, 9.17) is 4.20 Å². The maximum atomic E-state index is 11.8. The molecule has 0 saturated carbocycles. The summed E-state index contributed by atoms with van der Waals surface area (Å²) in [5, 5.41) is 2.81. The molecule has 0 spiro atoms. The van der Waals surface area contributed by atoms with Gasteiger partial charge >= 0.3 is 7.65 Å². The Hall–Kier alpha value is -1.66. The molecule has 0 saturated heterocycles. The fraction of sp³-hybridized carbons (Fsp3) is 0.400. The van der Waals surface area contributed by atoms with Gasteiger partial charge in [0.1, 0.15) is 0 Å². The van der Waals surface area contributed by atoms with Crippen LogP contribution < -0.4 is 0 Å². The van der Waals surface area contributed by atoms with E-state index in [0.29, 0.717) is 5.58 Å².